The van der Waals surface area contributed by atoms with Gasteiger partial charge >= 0.3 is 0 Å². The third-order valence-electron chi connectivity index (χ3n) is 4.16. The van der Waals surface area contributed by atoms with Crippen LogP contribution in [0.15, 0.2) is 78.9 Å². The average Bonchev–Trinajstić information content (AvgIpc) is 2.57. The van der Waals surface area contributed by atoms with E-state index >= 15 is 0 Å². The summed E-state index contributed by atoms with van der Waals surface area (Å²) in [4.78, 5) is 2.21. The molecule has 3 aromatic rings. The minimum Gasteiger partial charge on any atom is -0.397 e. The first-order valence-electron chi connectivity index (χ1n) is 8.27. The molecule has 2 nitrogen and oxygen atoms in total. The molecule has 0 saturated carbocycles. The van der Waals surface area contributed by atoms with Crippen LogP contribution in [0, 0.1) is 0 Å². The number of rotatable bonds is 3. The highest BCUT2D eigenvalue weighted by Crippen LogP contribution is 2.38. The molecule has 0 saturated heterocycles. The molecule has 0 radical (unpaired) electrons. The lowest BCUT2D eigenvalue weighted by atomic mass is 9.87. The fourth-order valence-corrected chi connectivity index (χ4v) is 2.81. The number of hydrogen-bond donors (Lipinski definition) is 1. The van der Waals surface area contributed by atoms with Gasteiger partial charge in [0.05, 0.1) is 11.4 Å². The van der Waals surface area contributed by atoms with Crippen molar-refractivity contribution in [2.45, 2.75) is 26.2 Å². The maximum atomic E-state index is 6.28. The van der Waals surface area contributed by atoms with Crippen LogP contribution < -0.4 is 10.6 Å². The first kappa shape index (κ1) is 16.1. The first-order chi connectivity index (χ1) is 11.5. The number of para-hydroxylation sites is 3. The first-order valence-corrected chi connectivity index (χ1v) is 8.27. The Bertz CT molecular complexity index is 817. The van der Waals surface area contributed by atoms with Crippen LogP contribution in [0.2, 0.25) is 0 Å². The van der Waals surface area contributed by atoms with E-state index in [1.165, 1.54) is 5.56 Å². The fraction of sp³-hybridized carbons (Fsp3) is 0.182. The maximum absolute atomic E-state index is 6.28. The van der Waals surface area contributed by atoms with Crippen molar-refractivity contribution in [3.8, 4) is 0 Å². The van der Waals surface area contributed by atoms with Crippen LogP contribution in [0.5, 0.6) is 0 Å². The summed E-state index contributed by atoms with van der Waals surface area (Å²) in [6, 6.07) is 27.0. The van der Waals surface area contributed by atoms with Gasteiger partial charge in [0.2, 0.25) is 0 Å². The van der Waals surface area contributed by atoms with Gasteiger partial charge in [0, 0.05) is 11.4 Å². The lowest BCUT2D eigenvalue weighted by molar-refractivity contribution is 0.590. The fourth-order valence-electron chi connectivity index (χ4n) is 2.81. The molecule has 122 valence electrons. The van der Waals surface area contributed by atoms with Gasteiger partial charge in [-0.1, -0.05) is 63.2 Å². The second-order valence-electron chi connectivity index (χ2n) is 7.03. The van der Waals surface area contributed by atoms with Crippen LogP contribution >= 0.6 is 0 Å². The Morgan fingerprint density at radius 1 is 0.708 bits per heavy atom. The molecule has 3 aromatic carbocycles. The molecule has 2 heteroatoms. The van der Waals surface area contributed by atoms with Gasteiger partial charge in [-0.05, 0) is 47.4 Å². The van der Waals surface area contributed by atoms with Crippen molar-refractivity contribution in [2.75, 3.05) is 10.6 Å². The second-order valence-corrected chi connectivity index (χ2v) is 7.03. The van der Waals surface area contributed by atoms with Gasteiger partial charge < -0.3 is 10.6 Å². The Labute approximate surface area is 144 Å². The van der Waals surface area contributed by atoms with Crippen molar-refractivity contribution in [2.24, 2.45) is 0 Å². The van der Waals surface area contributed by atoms with Gasteiger partial charge in [0.1, 0.15) is 0 Å². The number of hydrogen-bond acceptors (Lipinski definition) is 2. The molecule has 0 unspecified atom stereocenters. The summed E-state index contributed by atoms with van der Waals surface area (Å²) in [7, 11) is 0. The van der Waals surface area contributed by atoms with Crippen molar-refractivity contribution < 1.29 is 0 Å². The molecule has 0 spiro atoms. The van der Waals surface area contributed by atoms with Gasteiger partial charge in [-0.2, -0.15) is 0 Å². The minimum atomic E-state index is 0.0978. The molecule has 0 fully saturated rings. The number of anilines is 4. The highest BCUT2D eigenvalue weighted by atomic mass is 15.1. The molecule has 0 aliphatic rings. The van der Waals surface area contributed by atoms with E-state index in [9.17, 15) is 0 Å². The number of nitrogen functional groups attached to an aromatic ring is 1. The van der Waals surface area contributed by atoms with E-state index in [0.717, 1.165) is 22.7 Å². The summed E-state index contributed by atoms with van der Waals surface area (Å²) >= 11 is 0. The summed E-state index contributed by atoms with van der Waals surface area (Å²) in [6.45, 7) is 6.70. The van der Waals surface area contributed by atoms with E-state index < -0.39 is 0 Å². The van der Waals surface area contributed by atoms with Crippen LogP contribution in [0.1, 0.15) is 26.3 Å². The Morgan fingerprint density at radius 3 is 2.00 bits per heavy atom. The quantitative estimate of drug-likeness (QED) is 0.597. The van der Waals surface area contributed by atoms with E-state index in [-0.39, 0.29) is 5.41 Å². The molecule has 2 N–H and O–H groups in total. The summed E-state index contributed by atoms with van der Waals surface area (Å²) in [5.74, 6) is 0. The molecular weight excluding hydrogens is 292 g/mol. The molecule has 3 rings (SSSR count). The zero-order valence-electron chi connectivity index (χ0n) is 14.5. The SMILES string of the molecule is CC(C)(C)c1cccc(N(c2ccccc2)c2ccccc2N)c1. The molecule has 24 heavy (non-hydrogen) atoms. The number of benzene rings is 3. The predicted octanol–water partition coefficient (Wildman–Crippen LogP) is 6.04. The molecule has 0 atom stereocenters. The van der Waals surface area contributed by atoms with E-state index in [1.807, 2.05) is 24.3 Å². The highest BCUT2D eigenvalue weighted by molar-refractivity contribution is 5.83. The lowest BCUT2D eigenvalue weighted by Gasteiger charge is -2.28. The average molecular weight is 316 g/mol. The van der Waals surface area contributed by atoms with Crippen molar-refractivity contribution in [3.05, 3.63) is 84.4 Å². The van der Waals surface area contributed by atoms with E-state index in [4.69, 9.17) is 5.73 Å². The predicted molar refractivity (Wildman–Crippen MR) is 104 cm³/mol. The smallest absolute Gasteiger partial charge is 0.0691 e. The van der Waals surface area contributed by atoms with Crippen molar-refractivity contribution in [1.82, 2.24) is 0 Å². The third-order valence-corrected chi connectivity index (χ3v) is 4.16. The highest BCUT2D eigenvalue weighted by Gasteiger charge is 2.18. The Morgan fingerprint density at radius 2 is 1.33 bits per heavy atom. The van der Waals surface area contributed by atoms with Crippen molar-refractivity contribution >= 4 is 22.7 Å². The van der Waals surface area contributed by atoms with Gasteiger partial charge in [-0.25, -0.2) is 0 Å². The molecule has 0 aliphatic heterocycles. The van der Waals surface area contributed by atoms with Crippen LogP contribution in [-0.4, -0.2) is 0 Å². The summed E-state index contributed by atoms with van der Waals surface area (Å²) < 4.78 is 0. The third kappa shape index (κ3) is 3.28. The van der Waals surface area contributed by atoms with E-state index in [1.54, 1.807) is 0 Å². The molecule has 0 aliphatic carbocycles. The number of nitrogens with two attached hydrogens (primary N) is 1. The van der Waals surface area contributed by atoms with Crippen LogP contribution in [0.3, 0.4) is 0 Å². The van der Waals surface area contributed by atoms with Crippen LogP contribution in [0.25, 0.3) is 0 Å². The Hall–Kier alpha value is -2.74. The number of nitrogens with zero attached hydrogens (tertiary/aromatic N) is 1. The standard InChI is InChI=1S/C22H24N2/c1-22(2,3)17-10-9-13-19(16-17)24(18-11-5-4-6-12-18)21-15-8-7-14-20(21)23/h4-16H,23H2,1-3H3. The molecule has 0 aromatic heterocycles. The van der Waals surface area contributed by atoms with Crippen molar-refractivity contribution in [3.63, 3.8) is 0 Å². The Balaban J connectivity index is 2.18. The lowest BCUT2D eigenvalue weighted by Crippen LogP contribution is -2.15. The summed E-state index contributed by atoms with van der Waals surface area (Å²) in [5.41, 5.74) is 11.7. The van der Waals surface area contributed by atoms with Crippen LogP contribution in [-0.2, 0) is 5.41 Å². The van der Waals surface area contributed by atoms with E-state index in [0.29, 0.717) is 0 Å². The minimum absolute atomic E-state index is 0.0978. The normalized spacial score (nSPS) is 11.3. The summed E-state index contributed by atoms with van der Waals surface area (Å²) in [5, 5.41) is 0. The van der Waals surface area contributed by atoms with Crippen LogP contribution in [0.4, 0.5) is 22.7 Å². The molecule has 0 heterocycles. The molecule has 0 amide bonds. The van der Waals surface area contributed by atoms with E-state index in [2.05, 4.69) is 80.3 Å². The zero-order chi connectivity index (χ0) is 17.2. The summed E-state index contributed by atoms with van der Waals surface area (Å²) in [6.07, 6.45) is 0. The maximum Gasteiger partial charge on any atom is 0.0691 e. The van der Waals surface area contributed by atoms with Gasteiger partial charge in [0.25, 0.3) is 0 Å². The molecular formula is C22H24N2. The Kier molecular flexibility index (Phi) is 4.30. The second kappa shape index (κ2) is 6.40. The monoisotopic (exact) mass is 316 g/mol. The van der Waals surface area contributed by atoms with Gasteiger partial charge in [-0.15, -0.1) is 0 Å². The van der Waals surface area contributed by atoms with Gasteiger partial charge in [0.15, 0.2) is 0 Å². The largest absolute Gasteiger partial charge is 0.397 e. The molecule has 0 bridgehead atoms. The van der Waals surface area contributed by atoms with Gasteiger partial charge in [-0.3, -0.25) is 0 Å². The topological polar surface area (TPSA) is 29.3 Å². The zero-order valence-corrected chi connectivity index (χ0v) is 14.5. The van der Waals surface area contributed by atoms with Crippen molar-refractivity contribution in [1.29, 1.82) is 0 Å².